The Kier molecular flexibility index (Phi) is 40.2. The quantitative estimate of drug-likeness (QED) is 0.0229. The highest BCUT2D eigenvalue weighted by Crippen LogP contribution is 2.48. The van der Waals surface area contributed by atoms with Crippen molar-refractivity contribution in [2.24, 2.45) is 5.92 Å². The van der Waals surface area contributed by atoms with E-state index in [4.69, 9.17) is 42.6 Å². The third kappa shape index (κ3) is 31.7. The first-order valence-electron chi connectivity index (χ1n) is 42.9. The Morgan fingerprint density at radius 1 is 0.338 bits per heavy atom. The van der Waals surface area contributed by atoms with Gasteiger partial charge in [0.2, 0.25) is 0 Å². The molecule has 0 aromatic rings. The number of ether oxygens (including phenoxy) is 9. The van der Waals surface area contributed by atoms with E-state index in [1.54, 1.807) is 52.3 Å². The van der Waals surface area contributed by atoms with Crippen LogP contribution in [0.5, 0.6) is 0 Å². The van der Waals surface area contributed by atoms with E-state index in [0.717, 1.165) is 80.2 Å². The molecule has 12 aliphatic rings. The summed E-state index contributed by atoms with van der Waals surface area (Å²) in [5, 5.41) is 104. The number of aliphatic hydroxyl groups excluding tert-OH is 6. The maximum Gasteiger partial charge on any atom is 0.323 e. The predicted octanol–water partition coefficient (Wildman–Crippen LogP) is 6.78. The number of hydrogen-bond donors (Lipinski definition) is 19. The molecule has 130 heavy (non-hydrogen) atoms. The molecule has 0 aliphatic carbocycles. The molecule has 6 saturated heterocycles. The summed E-state index contributed by atoms with van der Waals surface area (Å²) in [4.78, 5) is 67.5. The molecule has 34 nitrogen and oxygen atoms in total. The van der Waals surface area contributed by atoms with Crippen LogP contribution >= 0.6 is 63.9 Å². The van der Waals surface area contributed by atoms with Gasteiger partial charge in [-0.1, -0.05) is 69.0 Å². The molecule has 0 radical (unpaired) electrons. The van der Waals surface area contributed by atoms with Crippen LogP contribution in [0.4, 0.5) is 28.8 Å². The lowest BCUT2D eigenvalue weighted by Gasteiger charge is -2.30. The molecule has 6 fully saturated rings. The topological polar surface area (TPSA) is 471 Å². The maximum atomic E-state index is 11.3. The minimum absolute atomic E-state index is 0.0407. The number of urea groups is 6. The number of nitrogens with one attached hydrogen (secondary N) is 12. The van der Waals surface area contributed by atoms with Gasteiger partial charge in [0, 0.05) is 132 Å². The molecule has 0 aromatic carbocycles. The first-order valence-corrected chi connectivity index (χ1v) is 62.5. The predicted molar refractivity (Wildman–Crippen MR) is 544 cm³/mol. The number of aliphatic hydroxyl groups is 7. The minimum Gasteiger partial charge on any atom is -0.390 e. The highest BCUT2D eigenvalue weighted by Gasteiger charge is 2.55. The van der Waals surface area contributed by atoms with E-state index >= 15 is 0 Å². The van der Waals surface area contributed by atoms with Gasteiger partial charge in [-0.3, -0.25) is 0 Å². The van der Waals surface area contributed by atoms with Gasteiger partial charge in [0.05, 0.1) is 58.9 Å². The molecule has 12 rings (SSSR count). The van der Waals surface area contributed by atoms with Crippen molar-refractivity contribution in [3.63, 3.8) is 0 Å². The molecule has 0 spiro atoms. The van der Waals surface area contributed by atoms with Gasteiger partial charge in [-0.25, -0.2) is 28.8 Å². The molecule has 24 atom stereocenters. The minimum atomic E-state index is -1.45. The summed E-state index contributed by atoms with van der Waals surface area (Å²) in [7, 11) is 4.63. The maximum absolute atomic E-state index is 11.3. The average Bonchev–Trinajstić information content (AvgIpc) is 1.61. The lowest BCUT2D eigenvalue weighted by molar-refractivity contribution is -0.0516. The molecule has 19 N–H and O–H groups in total. The smallest absolute Gasteiger partial charge is 0.323 e. The van der Waals surface area contributed by atoms with Crippen LogP contribution < -0.4 is 63.8 Å². The van der Waals surface area contributed by atoms with E-state index in [0.29, 0.717) is 62.9 Å². The summed E-state index contributed by atoms with van der Waals surface area (Å²) in [6.07, 6.45) is 34.6. The second kappa shape index (κ2) is 47.0. The van der Waals surface area contributed by atoms with Crippen molar-refractivity contribution in [1.29, 1.82) is 0 Å². The molecular weight excluding hydrogens is 1900 g/mol. The largest absolute Gasteiger partial charge is 0.390 e. The van der Waals surface area contributed by atoms with Crippen LogP contribution in [-0.4, -0.2) is 386 Å². The molecule has 732 valence electrons. The summed E-state index contributed by atoms with van der Waals surface area (Å²) < 4.78 is 52.2. The standard InChI is InChI=1S/4C15H25N2O4P.C15H25N2O3P.C14H22IN2O3P/c1-9-10(8-16-14(19)17-9)13-15(2,20)12(18)11(21-13)6-7-22(3,4)5;3*1-9-10(8-16-15(19)17-9)13-14(20-2)12(18)11(21-13)6-7-22(3,4)5;1-9-13(18)12(6-7-21(3,4)5)20-14(9)11-8-16-15(19)17-10(11)2;1-8-9(7-16-14(19)17-8)13-11(15)12(18)10(20-13)5-6-21(2,3)4/h8,11-13,18,20H,1,3,6-7H2,2,4-5H3,(H2,16,17,19);3*8,11-14,18H,1,3,6-7H2,2,4-5H3,(H2,16,17,19);8-9,12-14,18H,2-3,6-7H2,1,4-5H3,(H2,16,17,19);7,10-13,18H,1-2,5-6H2,3-4H3,(H2,16,17,19)/t11-,12-,13+,15-;3*11-,12-,13+,14-;9-,12-,13+,14-;10-,11-,12-,13+/m111111/s1. The number of alkyl halides is 1. The number of carbonyl (C=O) groups is 6. The highest BCUT2D eigenvalue weighted by molar-refractivity contribution is 14.1. The lowest BCUT2D eigenvalue weighted by Crippen LogP contribution is -2.49. The Balaban J connectivity index is 0.000000213. The second-order valence-corrected chi connectivity index (χ2v) is 66.2. The summed E-state index contributed by atoms with van der Waals surface area (Å²) in [5.74, 6) is -0.0407. The number of rotatable bonds is 27. The fourth-order valence-corrected chi connectivity index (χ4v) is 22.7. The van der Waals surface area contributed by atoms with E-state index in [-0.39, 0.29) is 88.8 Å². The van der Waals surface area contributed by atoms with Gasteiger partial charge in [0.1, 0.15) is 78.8 Å². The third-order valence-electron chi connectivity index (χ3n) is 23.4. The van der Waals surface area contributed by atoms with Crippen LogP contribution in [0.1, 0.15) is 52.4 Å². The molecule has 12 amide bonds. The van der Waals surface area contributed by atoms with Gasteiger partial charge >= 0.3 is 36.2 Å². The Labute approximate surface area is 782 Å². The van der Waals surface area contributed by atoms with Crippen molar-refractivity contribution in [3.8, 4) is 0 Å². The summed E-state index contributed by atoms with van der Waals surface area (Å²) in [6, 6.07) is -1.97. The number of halogens is 1. The van der Waals surface area contributed by atoms with Gasteiger partial charge < -0.3 is 142 Å². The molecule has 12 heterocycles. The Bertz CT molecular complexity index is 4400. The van der Waals surface area contributed by atoms with Crippen molar-refractivity contribution in [2.75, 3.05) is 138 Å². The second-order valence-electron chi connectivity index (χ2n) is 38.8. The van der Waals surface area contributed by atoms with Crippen molar-refractivity contribution in [3.05, 3.63) is 144 Å². The van der Waals surface area contributed by atoms with E-state index in [2.05, 4.69) is 244 Å². The monoisotopic (exact) mass is 2050 g/mol. The molecule has 41 heteroatoms. The third-order valence-corrected chi connectivity index (χ3v) is 33.6. The fraction of sp³-hybridized carbons (Fsp3) is 0.596. The first kappa shape index (κ1) is 111. The van der Waals surface area contributed by atoms with E-state index in [1.165, 1.54) is 13.1 Å². The Morgan fingerprint density at radius 3 is 0.792 bits per heavy atom. The van der Waals surface area contributed by atoms with Crippen LogP contribution in [0.3, 0.4) is 0 Å². The SMILES string of the molecule is C=C1NC(=O)NC=C1[C@@H]1O[C@H](CCP(=C)(C)C)[C@@H](O)[C@@]1(C)O.C=C1NC(=O)NC=C1[C@@H]1O[C@H](CCP(=C)(C)C)[C@@H](O)[C@H]1C.C=C1NC(=O)NC=C1[C@@H]1O[C@H](CCP(=C)(C)C)[C@@H](O)[C@H]1I.C=C1NC(=O)NC=C1[C@@H]1O[C@H](CCP(=C)(C)C)[C@@H](O)[C@H]1OC.C=C1NC(=O)NC=C1[C@@H]1O[C@H](CCP(=C)(C)C)[C@@H](O)[C@H]1OC.C=C1NC(=O)NC=C1[C@@H]1O[C@H](CCP(=C)(C)C)[C@@H](O)[C@H]1OC. The van der Waals surface area contributed by atoms with Crippen LogP contribution in [0.25, 0.3) is 0 Å². The zero-order valence-electron chi connectivity index (χ0n) is 78.5. The van der Waals surface area contributed by atoms with Crippen LogP contribution in [0.2, 0.25) is 0 Å². The van der Waals surface area contributed by atoms with Crippen LogP contribution in [0.15, 0.2) is 144 Å². The zero-order chi connectivity index (χ0) is 97.7. The fourth-order valence-electron chi connectivity index (χ4n) is 15.9. The average molecular weight is 2050 g/mol. The molecule has 12 aliphatic heterocycles. The van der Waals surface area contributed by atoms with Crippen molar-refractivity contribution < 1.29 is 107 Å². The van der Waals surface area contributed by atoms with E-state index < -0.39 is 132 Å². The lowest BCUT2D eigenvalue weighted by atomic mass is 9.87. The number of carbonyl (C=O) groups excluding carboxylic acids is 6. The van der Waals surface area contributed by atoms with Crippen molar-refractivity contribution in [1.82, 2.24) is 63.8 Å². The number of methoxy groups -OCH3 is 3. The van der Waals surface area contributed by atoms with Gasteiger partial charge in [-0.15, -0.1) is 79.1 Å². The van der Waals surface area contributed by atoms with E-state index in [1.807, 2.05) is 6.92 Å². The zero-order valence-corrected chi connectivity index (χ0v) is 86.1. The van der Waals surface area contributed by atoms with Crippen molar-refractivity contribution >= 4 is 138 Å². The van der Waals surface area contributed by atoms with E-state index in [9.17, 15) is 64.5 Å². The Hall–Kier alpha value is -5.61. The first-order chi connectivity index (χ1) is 60.1. The molecular formula is C89H147IN12O22P6. The number of hydrogen-bond acceptors (Lipinski definition) is 22. The summed E-state index contributed by atoms with van der Waals surface area (Å²) in [6.45, 7) is 45.4. The van der Waals surface area contributed by atoms with Crippen molar-refractivity contribution in [2.45, 2.75) is 190 Å². The van der Waals surface area contributed by atoms with Gasteiger partial charge in [-0.2, -0.15) is 0 Å². The molecule has 0 bridgehead atoms. The number of amides is 12. The van der Waals surface area contributed by atoms with Gasteiger partial charge in [0.15, 0.2) is 0 Å². The highest BCUT2D eigenvalue weighted by atomic mass is 127. The van der Waals surface area contributed by atoms with Crippen LogP contribution in [0, 0.1) is 5.92 Å². The molecule has 0 unspecified atom stereocenters. The normalized spacial score (nSPS) is 33.3. The van der Waals surface area contributed by atoms with Crippen LogP contribution in [-0.2, 0) is 42.6 Å². The Morgan fingerprint density at radius 2 is 0.546 bits per heavy atom. The van der Waals surface area contributed by atoms with Gasteiger partial charge in [0.25, 0.3) is 0 Å². The summed E-state index contributed by atoms with van der Waals surface area (Å²) >= 11 is 2.21. The summed E-state index contributed by atoms with van der Waals surface area (Å²) in [5.41, 5.74) is 5.58. The molecule has 0 aromatic heterocycles. The van der Waals surface area contributed by atoms with Gasteiger partial charge in [-0.05, 0) is 162 Å². The molecule has 0 saturated carbocycles.